The summed E-state index contributed by atoms with van der Waals surface area (Å²) in [5.74, 6) is 0.615. The van der Waals surface area contributed by atoms with Crippen LogP contribution in [0.3, 0.4) is 0 Å². The third-order valence-electron chi connectivity index (χ3n) is 5.92. The fourth-order valence-corrected chi connectivity index (χ4v) is 4.92. The van der Waals surface area contributed by atoms with E-state index in [1.54, 1.807) is 19.3 Å². The van der Waals surface area contributed by atoms with Crippen LogP contribution in [0.1, 0.15) is 32.6 Å². The number of halogens is 1. The van der Waals surface area contributed by atoms with Crippen molar-refractivity contribution >= 4 is 39.2 Å². The molecule has 2 aromatic rings. The number of likely N-dealkylation sites (tertiary alicyclic amines) is 1. The van der Waals surface area contributed by atoms with Crippen LogP contribution < -0.4 is 15.8 Å². The number of nitrogens with one attached hydrogen (secondary N) is 1. The Labute approximate surface area is 190 Å². The molecule has 4 rings (SSSR count). The first-order valence-corrected chi connectivity index (χ1v) is 11.5. The van der Waals surface area contributed by atoms with Crippen molar-refractivity contribution in [2.24, 2.45) is 7.05 Å². The van der Waals surface area contributed by atoms with Gasteiger partial charge in [0, 0.05) is 42.9 Å². The number of pyridine rings is 2. The zero-order valence-electron chi connectivity index (χ0n) is 17.9. The molecule has 8 nitrogen and oxygen atoms in total. The Balaban J connectivity index is 1.42. The SMILES string of the molecule is CCCCOC(=O)N1CC2CCC(C1)N2c1ccc(Nc2cc(Br)cn(C)c2=O)nc1. The summed E-state index contributed by atoms with van der Waals surface area (Å²) in [6.07, 6.45) is 7.38. The average Bonchev–Trinajstić information content (AvgIpc) is 3.01. The molecule has 1 N–H and O–H groups in total. The predicted octanol–water partition coefficient (Wildman–Crippen LogP) is 3.88. The van der Waals surface area contributed by atoms with Crippen molar-refractivity contribution in [2.75, 3.05) is 29.9 Å². The highest BCUT2D eigenvalue weighted by Gasteiger charge is 2.42. The van der Waals surface area contributed by atoms with E-state index in [0.29, 0.717) is 31.2 Å². The molecule has 0 aromatic carbocycles. The van der Waals surface area contributed by atoms with E-state index in [2.05, 4.69) is 38.1 Å². The molecular weight excluding hydrogens is 462 g/mol. The highest BCUT2D eigenvalue weighted by Crippen LogP contribution is 2.35. The molecule has 1 amide bonds. The number of amides is 1. The van der Waals surface area contributed by atoms with Crippen molar-refractivity contribution in [1.82, 2.24) is 14.5 Å². The number of carbonyl (C=O) groups excluding carboxylic acids is 1. The van der Waals surface area contributed by atoms with E-state index in [-0.39, 0.29) is 23.7 Å². The summed E-state index contributed by atoms with van der Waals surface area (Å²) >= 11 is 3.41. The van der Waals surface area contributed by atoms with E-state index >= 15 is 0 Å². The van der Waals surface area contributed by atoms with Crippen LogP contribution in [0.5, 0.6) is 0 Å². The number of hydrogen-bond acceptors (Lipinski definition) is 6. The quantitative estimate of drug-likeness (QED) is 0.620. The van der Waals surface area contributed by atoms with Gasteiger partial charge in [-0.1, -0.05) is 13.3 Å². The van der Waals surface area contributed by atoms with E-state index in [4.69, 9.17) is 4.74 Å². The minimum atomic E-state index is -0.196. The van der Waals surface area contributed by atoms with E-state index in [9.17, 15) is 9.59 Å². The molecule has 2 bridgehead atoms. The summed E-state index contributed by atoms with van der Waals surface area (Å²) in [6, 6.07) is 6.21. The molecule has 0 aliphatic carbocycles. The molecular formula is C22H28BrN5O3. The monoisotopic (exact) mass is 489 g/mol. The van der Waals surface area contributed by atoms with Crippen LogP contribution in [0.25, 0.3) is 0 Å². The van der Waals surface area contributed by atoms with Gasteiger partial charge in [-0.3, -0.25) is 4.79 Å². The maximum Gasteiger partial charge on any atom is 0.409 e. The van der Waals surface area contributed by atoms with E-state index in [0.717, 1.165) is 35.8 Å². The zero-order valence-corrected chi connectivity index (χ0v) is 19.5. The Morgan fingerprint density at radius 1 is 1.29 bits per heavy atom. The van der Waals surface area contributed by atoms with Gasteiger partial charge in [0.25, 0.3) is 5.56 Å². The summed E-state index contributed by atoms with van der Waals surface area (Å²) in [6.45, 7) is 3.93. The lowest BCUT2D eigenvalue weighted by molar-refractivity contribution is 0.0927. The van der Waals surface area contributed by atoms with Gasteiger partial charge in [-0.25, -0.2) is 9.78 Å². The predicted molar refractivity (Wildman–Crippen MR) is 124 cm³/mol. The van der Waals surface area contributed by atoms with Crippen molar-refractivity contribution in [3.63, 3.8) is 0 Å². The summed E-state index contributed by atoms with van der Waals surface area (Å²) in [5.41, 5.74) is 1.39. The van der Waals surface area contributed by atoms with Crippen LogP contribution >= 0.6 is 15.9 Å². The number of ether oxygens (including phenoxy) is 1. The molecule has 2 aliphatic heterocycles. The highest BCUT2D eigenvalue weighted by molar-refractivity contribution is 9.10. The number of aromatic nitrogens is 2. The molecule has 31 heavy (non-hydrogen) atoms. The van der Waals surface area contributed by atoms with Gasteiger partial charge in [0.15, 0.2) is 0 Å². The summed E-state index contributed by atoms with van der Waals surface area (Å²) in [7, 11) is 1.71. The van der Waals surface area contributed by atoms with E-state index < -0.39 is 0 Å². The number of fused-ring (bicyclic) bond motifs is 2. The van der Waals surface area contributed by atoms with Crippen LogP contribution in [0.15, 0.2) is 39.9 Å². The molecule has 2 unspecified atom stereocenters. The number of aryl methyl sites for hydroxylation is 1. The second-order valence-corrected chi connectivity index (χ2v) is 9.10. The van der Waals surface area contributed by atoms with Crippen LogP contribution in [0.4, 0.5) is 22.0 Å². The molecule has 4 heterocycles. The third kappa shape index (κ3) is 4.71. The van der Waals surface area contributed by atoms with E-state index in [1.165, 1.54) is 4.57 Å². The summed E-state index contributed by atoms with van der Waals surface area (Å²) < 4.78 is 7.74. The summed E-state index contributed by atoms with van der Waals surface area (Å²) in [4.78, 5) is 33.4. The lowest BCUT2D eigenvalue weighted by Gasteiger charge is -2.41. The number of nitrogens with zero attached hydrogens (tertiary/aromatic N) is 4. The molecule has 2 atom stereocenters. The number of rotatable bonds is 6. The van der Waals surface area contributed by atoms with Crippen molar-refractivity contribution in [3.8, 4) is 0 Å². The Morgan fingerprint density at radius 3 is 2.68 bits per heavy atom. The molecule has 2 fully saturated rings. The van der Waals surface area contributed by atoms with Crippen molar-refractivity contribution in [2.45, 2.75) is 44.7 Å². The Kier molecular flexibility index (Phi) is 6.50. The van der Waals surface area contributed by atoms with E-state index in [1.807, 2.05) is 23.2 Å². The van der Waals surface area contributed by atoms with Crippen molar-refractivity contribution < 1.29 is 9.53 Å². The number of unbranched alkanes of at least 4 members (excludes halogenated alkanes) is 1. The molecule has 9 heteroatoms. The molecule has 0 radical (unpaired) electrons. The van der Waals surface area contributed by atoms with Gasteiger partial charge in [-0.2, -0.15) is 0 Å². The minimum absolute atomic E-state index is 0.117. The largest absolute Gasteiger partial charge is 0.449 e. The Bertz CT molecular complexity index is 980. The van der Waals surface area contributed by atoms with Gasteiger partial charge >= 0.3 is 6.09 Å². The molecule has 2 aliphatic rings. The number of hydrogen-bond donors (Lipinski definition) is 1. The van der Waals surface area contributed by atoms with Crippen LogP contribution in [-0.2, 0) is 11.8 Å². The number of piperazine rings is 1. The molecule has 0 saturated carbocycles. The standard InChI is InChI=1S/C22H28BrN5O3/c1-3-4-9-31-22(30)27-13-17-5-6-18(14-27)28(17)16-7-8-20(24-11-16)25-19-10-15(23)12-26(2)21(19)29/h7-8,10-12,17-18H,3-6,9,13-14H2,1-2H3,(H,24,25). The van der Waals surface area contributed by atoms with Gasteiger partial charge in [0.05, 0.1) is 18.5 Å². The average molecular weight is 490 g/mol. The number of carbonyl (C=O) groups is 1. The van der Waals surface area contributed by atoms with Crippen molar-refractivity contribution in [3.05, 3.63) is 45.4 Å². The fraction of sp³-hybridized carbons (Fsp3) is 0.500. The normalized spacial score (nSPS) is 20.1. The lowest BCUT2D eigenvalue weighted by atomic mass is 10.1. The smallest absolute Gasteiger partial charge is 0.409 e. The maximum absolute atomic E-state index is 12.4. The van der Waals surface area contributed by atoms with Gasteiger partial charge in [0.1, 0.15) is 11.5 Å². The van der Waals surface area contributed by atoms with Gasteiger partial charge in [0.2, 0.25) is 0 Å². The first-order chi connectivity index (χ1) is 15.0. The van der Waals surface area contributed by atoms with Crippen molar-refractivity contribution in [1.29, 1.82) is 0 Å². The van der Waals surface area contributed by atoms with Gasteiger partial charge in [-0.05, 0) is 53.4 Å². The van der Waals surface area contributed by atoms with Gasteiger partial charge < -0.3 is 24.4 Å². The lowest BCUT2D eigenvalue weighted by Crippen LogP contribution is -2.55. The van der Waals surface area contributed by atoms with Crippen LogP contribution in [0.2, 0.25) is 0 Å². The first-order valence-electron chi connectivity index (χ1n) is 10.8. The molecule has 0 spiro atoms. The minimum Gasteiger partial charge on any atom is -0.449 e. The second-order valence-electron chi connectivity index (χ2n) is 8.18. The van der Waals surface area contributed by atoms with Crippen LogP contribution in [-0.4, -0.2) is 52.3 Å². The molecule has 2 aromatic heterocycles. The topological polar surface area (TPSA) is 79.7 Å². The zero-order chi connectivity index (χ0) is 22.0. The fourth-order valence-electron chi connectivity index (χ4n) is 4.38. The third-order valence-corrected chi connectivity index (χ3v) is 6.36. The number of anilines is 3. The Hall–Kier alpha value is -2.55. The summed E-state index contributed by atoms with van der Waals surface area (Å²) in [5, 5.41) is 3.11. The second kappa shape index (κ2) is 9.30. The molecule has 2 saturated heterocycles. The van der Waals surface area contributed by atoms with Crippen LogP contribution in [0, 0.1) is 0 Å². The van der Waals surface area contributed by atoms with Gasteiger partial charge in [-0.15, -0.1) is 0 Å². The highest BCUT2D eigenvalue weighted by atomic mass is 79.9. The first kappa shape index (κ1) is 21.7. The Morgan fingerprint density at radius 2 is 2.03 bits per heavy atom. The molecule has 166 valence electrons. The maximum atomic E-state index is 12.4.